The van der Waals surface area contributed by atoms with Crippen LogP contribution in [0.5, 0.6) is 0 Å². The van der Waals surface area contributed by atoms with E-state index >= 15 is 0 Å². The summed E-state index contributed by atoms with van der Waals surface area (Å²) in [7, 11) is 0. The van der Waals surface area contributed by atoms with E-state index in [1.807, 2.05) is 0 Å². The molecule has 1 N–H and O–H groups in total. The van der Waals surface area contributed by atoms with Gasteiger partial charge in [-0.05, 0) is 38.3 Å². The molecule has 0 bridgehead atoms. The predicted octanol–water partition coefficient (Wildman–Crippen LogP) is 2.09. The number of nitrogens with zero attached hydrogens (tertiary/aromatic N) is 1. The molecule has 3 nitrogen and oxygen atoms in total. The van der Waals surface area contributed by atoms with Gasteiger partial charge in [0.15, 0.2) is 0 Å². The van der Waals surface area contributed by atoms with Gasteiger partial charge < -0.3 is 5.11 Å². The molecule has 1 saturated heterocycles. The number of aliphatic carboxylic acids is 1. The highest BCUT2D eigenvalue weighted by atomic mass is 16.4. The zero-order chi connectivity index (χ0) is 12.3. The number of likely N-dealkylation sites (tertiary alicyclic amines) is 1. The quantitative estimate of drug-likeness (QED) is 0.865. The maximum absolute atomic E-state index is 11.0. The van der Waals surface area contributed by atoms with Crippen LogP contribution in [0.4, 0.5) is 0 Å². The summed E-state index contributed by atoms with van der Waals surface area (Å²) in [6, 6.07) is 8.20. The van der Waals surface area contributed by atoms with Gasteiger partial charge in [0.05, 0.1) is 0 Å². The molecule has 0 radical (unpaired) electrons. The Morgan fingerprint density at radius 2 is 2.12 bits per heavy atom. The number of carboxylic acid groups (broad SMARTS) is 1. The molecule has 0 aliphatic carbocycles. The van der Waals surface area contributed by atoms with Gasteiger partial charge in [-0.15, -0.1) is 0 Å². The molecule has 1 atom stereocenters. The van der Waals surface area contributed by atoms with Crippen LogP contribution >= 0.6 is 0 Å². The summed E-state index contributed by atoms with van der Waals surface area (Å²) in [5, 5.41) is 9.08. The van der Waals surface area contributed by atoms with Crippen LogP contribution < -0.4 is 0 Å². The Morgan fingerprint density at radius 3 is 2.76 bits per heavy atom. The van der Waals surface area contributed by atoms with Gasteiger partial charge >= 0.3 is 5.97 Å². The number of carbonyl (C=O) groups is 1. The fraction of sp³-hybridized carbons (Fsp3) is 0.500. The third kappa shape index (κ3) is 3.07. The van der Waals surface area contributed by atoms with Crippen LogP contribution in [0.1, 0.15) is 24.0 Å². The Morgan fingerprint density at radius 1 is 1.41 bits per heavy atom. The van der Waals surface area contributed by atoms with Crippen molar-refractivity contribution in [1.29, 1.82) is 0 Å². The van der Waals surface area contributed by atoms with Crippen molar-refractivity contribution in [2.24, 2.45) is 0 Å². The minimum Gasteiger partial charge on any atom is -0.480 e. The fourth-order valence-electron chi connectivity index (χ4n) is 2.40. The Balaban J connectivity index is 1.89. The van der Waals surface area contributed by atoms with Crippen molar-refractivity contribution >= 4 is 5.97 Å². The van der Waals surface area contributed by atoms with Gasteiger partial charge in [-0.1, -0.05) is 29.8 Å². The van der Waals surface area contributed by atoms with Crippen LogP contribution in [0.3, 0.4) is 0 Å². The third-order valence-corrected chi connectivity index (χ3v) is 3.46. The summed E-state index contributed by atoms with van der Waals surface area (Å²) in [6.07, 6.45) is 2.73. The molecular weight excluding hydrogens is 214 g/mol. The predicted molar refractivity (Wildman–Crippen MR) is 67.1 cm³/mol. The Hall–Kier alpha value is -1.35. The molecule has 0 aromatic heterocycles. The molecule has 1 aromatic rings. The lowest BCUT2D eigenvalue weighted by Crippen LogP contribution is -2.37. The molecule has 2 rings (SSSR count). The summed E-state index contributed by atoms with van der Waals surface area (Å²) in [6.45, 7) is 3.84. The number of hydrogen-bond donors (Lipinski definition) is 1. The normalized spacial score (nSPS) is 20.6. The molecule has 0 unspecified atom stereocenters. The molecule has 3 heteroatoms. The summed E-state index contributed by atoms with van der Waals surface area (Å²) in [4.78, 5) is 13.1. The number of aryl methyl sites for hydroxylation is 1. The minimum absolute atomic E-state index is 0.263. The Bertz CT molecular complexity index is 386. The number of carboxylic acids is 1. The highest BCUT2D eigenvalue weighted by Gasteiger charge is 2.29. The minimum atomic E-state index is -0.675. The summed E-state index contributed by atoms with van der Waals surface area (Å²) in [5.74, 6) is -0.675. The SMILES string of the molecule is Cc1ccc(CCN2CCC[C@@H]2C(=O)O)cc1. The van der Waals surface area contributed by atoms with Gasteiger partial charge in [0.25, 0.3) is 0 Å². The first-order chi connectivity index (χ1) is 8.16. The van der Waals surface area contributed by atoms with E-state index in [-0.39, 0.29) is 6.04 Å². The largest absolute Gasteiger partial charge is 0.480 e. The first kappa shape index (κ1) is 12.1. The molecule has 1 aromatic carbocycles. The highest BCUT2D eigenvalue weighted by molar-refractivity contribution is 5.73. The van der Waals surface area contributed by atoms with Gasteiger partial charge in [-0.3, -0.25) is 9.69 Å². The van der Waals surface area contributed by atoms with E-state index in [0.717, 1.165) is 32.4 Å². The lowest BCUT2D eigenvalue weighted by Gasteiger charge is -2.20. The molecule has 1 heterocycles. The third-order valence-electron chi connectivity index (χ3n) is 3.46. The summed E-state index contributed by atoms with van der Waals surface area (Å²) < 4.78 is 0. The average Bonchev–Trinajstić information content (AvgIpc) is 2.76. The van der Waals surface area contributed by atoms with Crippen LogP contribution in [0.25, 0.3) is 0 Å². The van der Waals surface area contributed by atoms with Crippen LogP contribution in [0, 0.1) is 6.92 Å². The topological polar surface area (TPSA) is 40.5 Å². The lowest BCUT2D eigenvalue weighted by molar-refractivity contribution is -0.142. The van der Waals surface area contributed by atoms with Crippen molar-refractivity contribution in [3.05, 3.63) is 35.4 Å². The van der Waals surface area contributed by atoms with Gasteiger partial charge in [0, 0.05) is 6.54 Å². The lowest BCUT2D eigenvalue weighted by atomic mass is 10.1. The van der Waals surface area contributed by atoms with E-state index in [1.54, 1.807) is 0 Å². The molecule has 1 aliphatic rings. The molecule has 0 amide bonds. The zero-order valence-electron chi connectivity index (χ0n) is 10.2. The van der Waals surface area contributed by atoms with Crippen LogP contribution in [0.15, 0.2) is 24.3 Å². The number of benzene rings is 1. The molecular formula is C14H19NO2. The molecule has 0 spiro atoms. The van der Waals surface area contributed by atoms with Crippen molar-refractivity contribution in [3.8, 4) is 0 Å². The number of rotatable bonds is 4. The van der Waals surface area contributed by atoms with E-state index in [1.165, 1.54) is 11.1 Å². The Labute approximate surface area is 102 Å². The van der Waals surface area contributed by atoms with E-state index in [4.69, 9.17) is 5.11 Å². The van der Waals surface area contributed by atoms with Crippen molar-refractivity contribution in [1.82, 2.24) is 4.90 Å². The molecule has 1 fully saturated rings. The summed E-state index contributed by atoms with van der Waals surface area (Å²) in [5.41, 5.74) is 2.55. The average molecular weight is 233 g/mol. The zero-order valence-corrected chi connectivity index (χ0v) is 10.2. The molecule has 1 aliphatic heterocycles. The second-order valence-corrected chi connectivity index (χ2v) is 4.77. The number of hydrogen-bond acceptors (Lipinski definition) is 2. The Kier molecular flexibility index (Phi) is 3.79. The smallest absolute Gasteiger partial charge is 0.320 e. The van der Waals surface area contributed by atoms with Gasteiger partial charge in [0.2, 0.25) is 0 Å². The van der Waals surface area contributed by atoms with E-state index in [0.29, 0.717) is 0 Å². The van der Waals surface area contributed by atoms with Crippen LogP contribution in [0.2, 0.25) is 0 Å². The maximum Gasteiger partial charge on any atom is 0.320 e. The van der Waals surface area contributed by atoms with Crippen molar-refractivity contribution in [3.63, 3.8) is 0 Å². The first-order valence-electron chi connectivity index (χ1n) is 6.19. The van der Waals surface area contributed by atoms with Gasteiger partial charge in [-0.25, -0.2) is 0 Å². The van der Waals surface area contributed by atoms with Crippen molar-refractivity contribution in [2.75, 3.05) is 13.1 Å². The van der Waals surface area contributed by atoms with Crippen LogP contribution in [-0.4, -0.2) is 35.1 Å². The van der Waals surface area contributed by atoms with Gasteiger partial charge in [-0.2, -0.15) is 0 Å². The first-order valence-corrected chi connectivity index (χ1v) is 6.19. The molecule has 0 saturated carbocycles. The monoisotopic (exact) mass is 233 g/mol. The highest BCUT2D eigenvalue weighted by Crippen LogP contribution is 2.17. The molecule has 17 heavy (non-hydrogen) atoms. The second-order valence-electron chi connectivity index (χ2n) is 4.77. The van der Waals surface area contributed by atoms with Crippen LogP contribution in [-0.2, 0) is 11.2 Å². The summed E-state index contributed by atoms with van der Waals surface area (Å²) >= 11 is 0. The van der Waals surface area contributed by atoms with E-state index < -0.39 is 5.97 Å². The fourth-order valence-corrected chi connectivity index (χ4v) is 2.40. The standard InChI is InChI=1S/C14H19NO2/c1-11-4-6-12(7-5-11)8-10-15-9-2-3-13(15)14(16)17/h4-7,13H,2-3,8-10H2,1H3,(H,16,17)/t13-/m1/s1. The van der Waals surface area contributed by atoms with E-state index in [9.17, 15) is 4.79 Å². The van der Waals surface area contributed by atoms with Gasteiger partial charge in [0.1, 0.15) is 6.04 Å². The van der Waals surface area contributed by atoms with Crippen molar-refractivity contribution < 1.29 is 9.90 Å². The van der Waals surface area contributed by atoms with E-state index in [2.05, 4.69) is 36.1 Å². The maximum atomic E-state index is 11.0. The van der Waals surface area contributed by atoms with Crippen molar-refractivity contribution in [2.45, 2.75) is 32.2 Å². The second kappa shape index (κ2) is 5.32. The molecule has 92 valence electrons.